The fraction of sp³-hybridized carbons (Fsp3) is 0.963. The lowest BCUT2D eigenvalue weighted by Gasteiger charge is -2.46. The third-order valence-electron chi connectivity index (χ3n) is 7.53. The van der Waals surface area contributed by atoms with Crippen molar-refractivity contribution in [2.24, 2.45) is 4.99 Å². The highest BCUT2D eigenvalue weighted by Gasteiger charge is 2.41. The molecule has 0 aliphatic carbocycles. The summed E-state index contributed by atoms with van der Waals surface area (Å²) in [4.78, 5) is 7.69. The molecule has 0 aromatic heterocycles. The average Bonchev–Trinajstić information content (AvgIpc) is 3.22. The molecule has 0 bridgehead atoms. The third kappa shape index (κ3) is 10.0. The van der Waals surface area contributed by atoms with Gasteiger partial charge >= 0.3 is 0 Å². The van der Waals surface area contributed by atoms with Gasteiger partial charge in [-0.25, -0.2) is 0 Å². The third-order valence-corrected chi connectivity index (χ3v) is 7.53. The van der Waals surface area contributed by atoms with E-state index in [9.17, 15) is 0 Å². The van der Waals surface area contributed by atoms with Gasteiger partial charge in [-0.1, -0.05) is 117 Å². The van der Waals surface area contributed by atoms with Gasteiger partial charge < -0.3 is 4.90 Å². The van der Waals surface area contributed by atoms with Gasteiger partial charge in [0.1, 0.15) is 0 Å². The summed E-state index contributed by atoms with van der Waals surface area (Å²) in [7, 11) is 0. The molecular weight excluding hydrogens is 432 g/mol. The molecule has 2 aliphatic rings. The molecular formula is C27H53BrN2. The Morgan fingerprint density at radius 1 is 0.700 bits per heavy atom. The highest BCUT2D eigenvalue weighted by atomic mass is 79.9. The summed E-state index contributed by atoms with van der Waals surface area (Å²) in [5.74, 6) is 1.47. The van der Waals surface area contributed by atoms with E-state index in [0.717, 1.165) is 6.54 Å². The van der Waals surface area contributed by atoms with Crippen molar-refractivity contribution in [2.45, 2.75) is 154 Å². The molecule has 0 amide bonds. The van der Waals surface area contributed by atoms with Gasteiger partial charge in [0.25, 0.3) is 0 Å². The van der Waals surface area contributed by atoms with Gasteiger partial charge in [0.15, 0.2) is 0 Å². The Labute approximate surface area is 199 Å². The number of amidine groups is 1. The van der Waals surface area contributed by atoms with E-state index in [2.05, 4.69) is 18.7 Å². The Kier molecular flexibility index (Phi) is 16.3. The Bertz CT molecular complexity index is 415. The minimum absolute atomic E-state index is 0. The van der Waals surface area contributed by atoms with Crippen molar-refractivity contribution in [1.82, 2.24) is 4.90 Å². The first-order chi connectivity index (χ1) is 14.3. The largest absolute Gasteiger partial charge is 0.355 e. The highest BCUT2D eigenvalue weighted by molar-refractivity contribution is 8.93. The average molecular weight is 486 g/mol. The van der Waals surface area contributed by atoms with Gasteiger partial charge in [-0.15, -0.1) is 17.0 Å². The number of unbranched alkanes of at least 4 members (excludes halogenated alkanes) is 14. The van der Waals surface area contributed by atoms with E-state index < -0.39 is 0 Å². The van der Waals surface area contributed by atoms with Crippen LogP contribution in [0.1, 0.15) is 149 Å². The molecule has 2 aliphatic heterocycles. The van der Waals surface area contributed by atoms with Gasteiger partial charge in [0.05, 0.1) is 5.84 Å². The second-order valence-electron chi connectivity index (χ2n) is 9.98. The number of halogens is 1. The van der Waals surface area contributed by atoms with Crippen LogP contribution in [-0.4, -0.2) is 29.4 Å². The van der Waals surface area contributed by atoms with Gasteiger partial charge in [0, 0.05) is 25.0 Å². The fourth-order valence-corrected chi connectivity index (χ4v) is 5.68. The fourth-order valence-electron chi connectivity index (χ4n) is 5.68. The molecule has 2 rings (SSSR count). The van der Waals surface area contributed by atoms with Gasteiger partial charge in [-0.3, -0.25) is 4.99 Å². The van der Waals surface area contributed by atoms with Gasteiger partial charge in [-0.05, 0) is 25.7 Å². The molecule has 0 spiro atoms. The summed E-state index contributed by atoms with van der Waals surface area (Å²) in [6.07, 6.45) is 29.8. The van der Waals surface area contributed by atoms with Crippen molar-refractivity contribution in [3.63, 3.8) is 0 Å². The first-order valence-corrected chi connectivity index (χ1v) is 13.6. The van der Waals surface area contributed by atoms with Crippen molar-refractivity contribution in [2.75, 3.05) is 13.1 Å². The maximum Gasteiger partial charge on any atom is 0.0994 e. The Morgan fingerprint density at radius 3 is 1.67 bits per heavy atom. The summed E-state index contributed by atoms with van der Waals surface area (Å²) < 4.78 is 0. The van der Waals surface area contributed by atoms with E-state index in [-0.39, 0.29) is 17.0 Å². The molecule has 30 heavy (non-hydrogen) atoms. The summed E-state index contributed by atoms with van der Waals surface area (Å²) in [5, 5.41) is 0. The predicted molar refractivity (Wildman–Crippen MR) is 140 cm³/mol. The van der Waals surface area contributed by atoms with Crippen molar-refractivity contribution >= 4 is 22.8 Å². The number of rotatable bonds is 18. The molecule has 0 radical (unpaired) electrons. The Morgan fingerprint density at radius 2 is 1.17 bits per heavy atom. The lowest BCUT2D eigenvalue weighted by atomic mass is 9.81. The number of hydrogen-bond acceptors (Lipinski definition) is 2. The standard InChI is InChI=1S/C27H52N2.BrH/c1-3-5-7-9-11-13-15-17-21-27(22-18-16-14-12-10-8-6-4-2)23-24-28-26-20-19-25-29(26)27;/h3-25H2,1-2H3;1H. The summed E-state index contributed by atoms with van der Waals surface area (Å²) in [6.45, 7) is 7.00. The van der Waals surface area contributed by atoms with E-state index in [4.69, 9.17) is 4.99 Å². The van der Waals surface area contributed by atoms with Gasteiger partial charge in [0.2, 0.25) is 0 Å². The zero-order valence-electron chi connectivity index (χ0n) is 20.6. The summed E-state index contributed by atoms with van der Waals surface area (Å²) in [6, 6.07) is 0. The highest BCUT2D eigenvalue weighted by Crippen LogP contribution is 2.38. The number of hydrogen-bond donors (Lipinski definition) is 0. The van der Waals surface area contributed by atoms with E-state index in [0.29, 0.717) is 5.54 Å². The molecule has 2 nitrogen and oxygen atoms in total. The second kappa shape index (κ2) is 17.5. The Balaban J connectivity index is 0.00000450. The first-order valence-electron chi connectivity index (χ1n) is 13.6. The van der Waals surface area contributed by atoms with Crippen LogP contribution < -0.4 is 0 Å². The van der Waals surface area contributed by atoms with Crippen molar-refractivity contribution in [3.05, 3.63) is 0 Å². The molecule has 0 unspecified atom stereocenters. The zero-order chi connectivity index (χ0) is 20.6. The van der Waals surface area contributed by atoms with E-state index in [1.54, 1.807) is 0 Å². The normalized spacial score (nSPS) is 17.5. The lowest BCUT2D eigenvalue weighted by Crippen LogP contribution is -2.52. The maximum absolute atomic E-state index is 4.90. The smallest absolute Gasteiger partial charge is 0.0994 e. The molecule has 2 heterocycles. The van der Waals surface area contributed by atoms with Crippen LogP contribution in [0.2, 0.25) is 0 Å². The first kappa shape index (κ1) is 28.0. The second-order valence-corrected chi connectivity index (χ2v) is 9.98. The van der Waals surface area contributed by atoms with Crippen LogP contribution in [0.15, 0.2) is 4.99 Å². The quantitative estimate of drug-likeness (QED) is 0.177. The molecule has 3 heteroatoms. The molecule has 0 N–H and O–H groups in total. The Hall–Kier alpha value is -0.0500. The van der Waals surface area contributed by atoms with E-state index >= 15 is 0 Å². The van der Waals surface area contributed by atoms with Crippen LogP contribution in [0.25, 0.3) is 0 Å². The molecule has 0 saturated carbocycles. The molecule has 0 aromatic rings. The van der Waals surface area contributed by atoms with Crippen molar-refractivity contribution < 1.29 is 0 Å². The summed E-state index contributed by atoms with van der Waals surface area (Å²) >= 11 is 0. The number of fused-ring (bicyclic) bond motifs is 1. The SMILES string of the molecule is Br.CCCCCCCCCCC1(CCCCCCCCCC)CCN=C2CCCN21. The van der Waals surface area contributed by atoms with E-state index in [1.807, 2.05) is 0 Å². The van der Waals surface area contributed by atoms with Crippen LogP contribution in [0.5, 0.6) is 0 Å². The minimum Gasteiger partial charge on any atom is -0.355 e. The molecule has 178 valence electrons. The van der Waals surface area contributed by atoms with Crippen molar-refractivity contribution in [1.29, 1.82) is 0 Å². The number of nitrogens with zero attached hydrogens (tertiary/aromatic N) is 2. The van der Waals surface area contributed by atoms with Crippen molar-refractivity contribution in [3.8, 4) is 0 Å². The molecule has 0 aromatic carbocycles. The lowest BCUT2D eigenvalue weighted by molar-refractivity contribution is 0.128. The topological polar surface area (TPSA) is 15.6 Å². The predicted octanol–water partition coefficient (Wildman–Crippen LogP) is 9.26. The minimum atomic E-state index is 0. The zero-order valence-corrected chi connectivity index (χ0v) is 22.3. The van der Waals surface area contributed by atoms with Crippen LogP contribution >= 0.6 is 17.0 Å². The summed E-state index contributed by atoms with van der Waals surface area (Å²) in [5.41, 5.74) is 0.470. The van der Waals surface area contributed by atoms with Crippen LogP contribution in [0.4, 0.5) is 0 Å². The monoisotopic (exact) mass is 484 g/mol. The molecule has 1 fully saturated rings. The van der Waals surface area contributed by atoms with Crippen LogP contribution in [0.3, 0.4) is 0 Å². The van der Waals surface area contributed by atoms with Crippen LogP contribution in [-0.2, 0) is 0 Å². The molecule has 0 atom stereocenters. The van der Waals surface area contributed by atoms with Gasteiger partial charge in [-0.2, -0.15) is 0 Å². The maximum atomic E-state index is 4.90. The van der Waals surface area contributed by atoms with Crippen LogP contribution in [0, 0.1) is 0 Å². The molecule has 1 saturated heterocycles. The number of aliphatic imine (C=N–C) groups is 1. The van der Waals surface area contributed by atoms with E-state index in [1.165, 1.54) is 147 Å².